The summed E-state index contributed by atoms with van der Waals surface area (Å²) in [4.78, 5) is 14.2. The molecular weight excluding hydrogens is 226 g/mol. The molecular formula is C15H27NO2. The number of nitrogens with zero attached hydrogens (tertiary/aromatic N) is 1. The van der Waals surface area contributed by atoms with Crippen molar-refractivity contribution in [1.29, 1.82) is 0 Å². The minimum atomic E-state index is -0.689. The van der Waals surface area contributed by atoms with Gasteiger partial charge in [-0.3, -0.25) is 4.79 Å². The van der Waals surface area contributed by atoms with Crippen LogP contribution in [0.1, 0.15) is 58.8 Å². The molecule has 1 aliphatic carbocycles. The lowest BCUT2D eigenvalue weighted by atomic mass is 9.86. The average molecular weight is 253 g/mol. The van der Waals surface area contributed by atoms with E-state index in [2.05, 4.69) is 13.8 Å². The van der Waals surface area contributed by atoms with E-state index in [1.807, 2.05) is 4.90 Å². The number of rotatable bonds is 3. The van der Waals surface area contributed by atoms with Crippen LogP contribution in [0.2, 0.25) is 0 Å². The van der Waals surface area contributed by atoms with Crippen LogP contribution in [0.4, 0.5) is 0 Å². The van der Waals surface area contributed by atoms with E-state index in [-0.39, 0.29) is 5.91 Å². The second-order valence-corrected chi connectivity index (χ2v) is 6.57. The summed E-state index contributed by atoms with van der Waals surface area (Å²) in [7, 11) is 0. The average Bonchev–Trinajstić information content (AvgIpc) is 2.76. The molecule has 1 saturated carbocycles. The Balaban J connectivity index is 1.80. The fraction of sp³-hybridized carbons (Fsp3) is 0.933. The third-order valence-electron chi connectivity index (χ3n) is 4.85. The third kappa shape index (κ3) is 3.25. The Labute approximate surface area is 111 Å². The van der Waals surface area contributed by atoms with Crippen molar-refractivity contribution >= 4 is 5.91 Å². The molecule has 2 fully saturated rings. The molecule has 0 aromatic heterocycles. The number of carbonyl (C=O) groups excluding carboxylic acids is 1. The van der Waals surface area contributed by atoms with E-state index < -0.39 is 5.60 Å². The Kier molecular flexibility index (Phi) is 4.31. The maximum Gasteiger partial charge on any atom is 0.225 e. The van der Waals surface area contributed by atoms with E-state index >= 15 is 0 Å². The molecule has 1 aliphatic heterocycles. The molecule has 3 heteroatoms. The SMILES string of the molecule is CC(C)C1CCN(C(=O)CC2(O)CCCC2)CC1. The topological polar surface area (TPSA) is 40.5 Å². The fourth-order valence-corrected chi connectivity index (χ4v) is 3.42. The van der Waals surface area contributed by atoms with E-state index in [0.717, 1.165) is 63.5 Å². The summed E-state index contributed by atoms with van der Waals surface area (Å²) >= 11 is 0. The fourth-order valence-electron chi connectivity index (χ4n) is 3.42. The summed E-state index contributed by atoms with van der Waals surface area (Å²) < 4.78 is 0. The van der Waals surface area contributed by atoms with Gasteiger partial charge < -0.3 is 10.0 Å². The quantitative estimate of drug-likeness (QED) is 0.840. The molecule has 0 aromatic carbocycles. The lowest BCUT2D eigenvalue weighted by Crippen LogP contribution is -2.43. The molecule has 0 unspecified atom stereocenters. The van der Waals surface area contributed by atoms with E-state index in [9.17, 15) is 9.90 Å². The van der Waals surface area contributed by atoms with Gasteiger partial charge in [0, 0.05) is 13.1 Å². The molecule has 0 atom stereocenters. The van der Waals surface area contributed by atoms with Crippen molar-refractivity contribution < 1.29 is 9.90 Å². The molecule has 2 aliphatic rings. The van der Waals surface area contributed by atoms with Crippen LogP contribution in [0, 0.1) is 11.8 Å². The van der Waals surface area contributed by atoms with Crippen LogP contribution < -0.4 is 0 Å². The molecule has 0 spiro atoms. The van der Waals surface area contributed by atoms with E-state index in [1.54, 1.807) is 0 Å². The van der Waals surface area contributed by atoms with Gasteiger partial charge in [-0.25, -0.2) is 0 Å². The molecule has 2 rings (SSSR count). The molecule has 1 N–H and O–H groups in total. The van der Waals surface area contributed by atoms with Crippen LogP contribution in [0.3, 0.4) is 0 Å². The zero-order valence-electron chi connectivity index (χ0n) is 11.8. The zero-order valence-corrected chi connectivity index (χ0v) is 11.8. The summed E-state index contributed by atoms with van der Waals surface area (Å²) in [6, 6.07) is 0. The molecule has 0 aromatic rings. The number of amides is 1. The van der Waals surface area contributed by atoms with Gasteiger partial charge in [0.15, 0.2) is 0 Å². The van der Waals surface area contributed by atoms with Gasteiger partial charge in [0.1, 0.15) is 0 Å². The second kappa shape index (κ2) is 5.60. The monoisotopic (exact) mass is 253 g/mol. The van der Waals surface area contributed by atoms with Crippen molar-refractivity contribution in [2.75, 3.05) is 13.1 Å². The van der Waals surface area contributed by atoms with Gasteiger partial charge in [-0.05, 0) is 37.5 Å². The van der Waals surface area contributed by atoms with Gasteiger partial charge in [0.05, 0.1) is 12.0 Å². The minimum absolute atomic E-state index is 0.168. The van der Waals surface area contributed by atoms with Gasteiger partial charge in [-0.1, -0.05) is 26.7 Å². The van der Waals surface area contributed by atoms with Crippen LogP contribution in [0.25, 0.3) is 0 Å². The van der Waals surface area contributed by atoms with Crippen molar-refractivity contribution in [3.63, 3.8) is 0 Å². The van der Waals surface area contributed by atoms with E-state index in [0.29, 0.717) is 6.42 Å². The largest absolute Gasteiger partial charge is 0.389 e. The van der Waals surface area contributed by atoms with Crippen molar-refractivity contribution in [3.05, 3.63) is 0 Å². The van der Waals surface area contributed by atoms with E-state index in [4.69, 9.17) is 0 Å². The van der Waals surface area contributed by atoms with E-state index in [1.165, 1.54) is 0 Å². The van der Waals surface area contributed by atoms with Gasteiger partial charge in [-0.2, -0.15) is 0 Å². The maximum absolute atomic E-state index is 12.2. The first kappa shape index (κ1) is 13.9. The summed E-state index contributed by atoms with van der Waals surface area (Å²) in [5.74, 6) is 1.66. The Morgan fingerprint density at radius 3 is 2.33 bits per heavy atom. The van der Waals surface area contributed by atoms with Crippen LogP contribution in [0.5, 0.6) is 0 Å². The summed E-state index contributed by atoms with van der Waals surface area (Å²) in [6.07, 6.45) is 6.35. The number of likely N-dealkylation sites (tertiary alicyclic amines) is 1. The molecule has 0 bridgehead atoms. The molecule has 104 valence electrons. The number of hydrogen-bond acceptors (Lipinski definition) is 2. The predicted octanol–water partition coefficient (Wildman–Crippen LogP) is 2.58. The number of carbonyl (C=O) groups is 1. The number of piperidine rings is 1. The van der Waals surface area contributed by atoms with Crippen molar-refractivity contribution in [2.24, 2.45) is 11.8 Å². The normalized spacial score (nSPS) is 24.8. The number of hydrogen-bond donors (Lipinski definition) is 1. The van der Waals surface area contributed by atoms with Crippen LogP contribution in [0.15, 0.2) is 0 Å². The van der Waals surface area contributed by atoms with Crippen molar-refractivity contribution in [1.82, 2.24) is 4.90 Å². The zero-order chi connectivity index (χ0) is 13.2. The molecule has 1 amide bonds. The summed E-state index contributed by atoms with van der Waals surface area (Å²) in [5, 5.41) is 10.3. The van der Waals surface area contributed by atoms with Crippen molar-refractivity contribution in [2.45, 2.75) is 64.4 Å². The Bertz CT molecular complexity index is 287. The lowest BCUT2D eigenvalue weighted by molar-refractivity contribution is -0.137. The Morgan fingerprint density at radius 2 is 1.83 bits per heavy atom. The molecule has 0 radical (unpaired) electrons. The molecule has 18 heavy (non-hydrogen) atoms. The predicted molar refractivity (Wildman–Crippen MR) is 72.2 cm³/mol. The van der Waals surface area contributed by atoms with Gasteiger partial charge >= 0.3 is 0 Å². The highest BCUT2D eigenvalue weighted by Crippen LogP contribution is 2.33. The smallest absolute Gasteiger partial charge is 0.225 e. The first-order chi connectivity index (χ1) is 8.50. The summed E-state index contributed by atoms with van der Waals surface area (Å²) in [5.41, 5.74) is -0.689. The van der Waals surface area contributed by atoms with Crippen LogP contribution >= 0.6 is 0 Å². The first-order valence-corrected chi connectivity index (χ1v) is 7.50. The highest BCUT2D eigenvalue weighted by atomic mass is 16.3. The highest BCUT2D eigenvalue weighted by Gasteiger charge is 2.35. The second-order valence-electron chi connectivity index (χ2n) is 6.57. The standard InChI is InChI=1S/C15H27NO2/c1-12(2)13-5-9-16(10-6-13)14(17)11-15(18)7-3-4-8-15/h12-13,18H,3-11H2,1-2H3. The molecule has 3 nitrogen and oxygen atoms in total. The van der Waals surface area contributed by atoms with Crippen molar-refractivity contribution in [3.8, 4) is 0 Å². The number of aliphatic hydroxyl groups is 1. The van der Waals surface area contributed by atoms with Crippen LogP contribution in [-0.2, 0) is 4.79 Å². The van der Waals surface area contributed by atoms with Crippen LogP contribution in [-0.4, -0.2) is 34.6 Å². The Hall–Kier alpha value is -0.570. The van der Waals surface area contributed by atoms with Gasteiger partial charge in [0.2, 0.25) is 5.91 Å². The Morgan fingerprint density at radius 1 is 1.28 bits per heavy atom. The molecule has 1 saturated heterocycles. The summed E-state index contributed by atoms with van der Waals surface area (Å²) in [6.45, 7) is 6.31. The van der Waals surface area contributed by atoms with Gasteiger partial charge in [-0.15, -0.1) is 0 Å². The first-order valence-electron chi connectivity index (χ1n) is 7.50. The van der Waals surface area contributed by atoms with Gasteiger partial charge in [0.25, 0.3) is 0 Å². The molecule has 1 heterocycles. The third-order valence-corrected chi connectivity index (χ3v) is 4.85. The highest BCUT2D eigenvalue weighted by molar-refractivity contribution is 5.77. The maximum atomic E-state index is 12.2. The lowest BCUT2D eigenvalue weighted by Gasteiger charge is -2.35. The minimum Gasteiger partial charge on any atom is -0.389 e.